The second-order valence-electron chi connectivity index (χ2n) is 7.96. The smallest absolute Gasteiger partial charge is 0.319 e. The second kappa shape index (κ2) is 6.79. The van der Waals surface area contributed by atoms with E-state index in [9.17, 15) is 19.2 Å². The Labute approximate surface area is 173 Å². The van der Waals surface area contributed by atoms with Crippen molar-refractivity contribution in [2.45, 2.75) is 31.2 Å². The Morgan fingerprint density at radius 2 is 1.43 bits per heavy atom. The lowest BCUT2D eigenvalue weighted by Crippen LogP contribution is -2.45. The zero-order chi connectivity index (χ0) is 20.9. The molecule has 1 saturated heterocycles. The minimum Gasteiger partial charge on any atom is -0.319 e. The first kappa shape index (κ1) is 18.5. The molecule has 0 radical (unpaired) electrons. The molecule has 2 aromatic carbocycles. The summed E-state index contributed by atoms with van der Waals surface area (Å²) in [4.78, 5) is 53.6. The van der Waals surface area contributed by atoms with Gasteiger partial charge in [-0.05, 0) is 48.9 Å². The quantitative estimate of drug-likeness (QED) is 0.630. The largest absolute Gasteiger partial charge is 0.325 e. The van der Waals surface area contributed by atoms with Crippen LogP contribution in [0.3, 0.4) is 0 Å². The average Bonchev–Trinajstić information content (AvgIpc) is 3.05. The van der Waals surface area contributed by atoms with Crippen LogP contribution in [0.1, 0.15) is 51.1 Å². The van der Waals surface area contributed by atoms with Crippen molar-refractivity contribution >= 4 is 23.8 Å². The van der Waals surface area contributed by atoms with Gasteiger partial charge in [-0.2, -0.15) is 0 Å². The van der Waals surface area contributed by atoms with Crippen molar-refractivity contribution in [2.75, 3.05) is 13.1 Å². The van der Waals surface area contributed by atoms with E-state index in [4.69, 9.17) is 0 Å². The number of imide groups is 2. The highest BCUT2D eigenvalue weighted by Crippen LogP contribution is 2.39. The normalized spacial score (nSPS) is 22.9. The molecule has 0 aromatic heterocycles. The predicted octanol–water partition coefficient (Wildman–Crippen LogP) is 2.46. The molecule has 1 unspecified atom stereocenters. The molecular weight excluding hydrogens is 382 g/mol. The Hall–Kier alpha value is -3.48. The standard InChI is InChI=1S/C23H21N3O4/c27-19-16-9-2-3-10-17(16)20(28)25(19)13-14-26-21(29)23(24-22(26)30)12-6-5-8-15-7-1-4-11-18(15)23/h1-4,7,9-11H,5-6,8,12-14H2,(H,24,30). The summed E-state index contributed by atoms with van der Waals surface area (Å²) in [6.07, 6.45) is 3.19. The molecule has 2 aliphatic heterocycles. The van der Waals surface area contributed by atoms with Crippen LogP contribution >= 0.6 is 0 Å². The van der Waals surface area contributed by atoms with E-state index >= 15 is 0 Å². The minimum absolute atomic E-state index is 0.0246. The third kappa shape index (κ3) is 2.58. The van der Waals surface area contributed by atoms with E-state index in [0.717, 1.165) is 40.2 Å². The maximum Gasteiger partial charge on any atom is 0.325 e. The molecule has 7 heteroatoms. The summed E-state index contributed by atoms with van der Waals surface area (Å²) in [7, 11) is 0. The fourth-order valence-corrected chi connectivity index (χ4v) is 4.82. The lowest BCUT2D eigenvalue weighted by molar-refractivity contribution is -0.132. The molecule has 5 rings (SSSR count). The summed E-state index contributed by atoms with van der Waals surface area (Å²) in [6.45, 7) is -0.0523. The van der Waals surface area contributed by atoms with Crippen LogP contribution in [0.25, 0.3) is 0 Å². The Kier molecular flexibility index (Phi) is 4.20. The SMILES string of the molecule is O=C1NC2(CCCCc3ccccc32)C(=O)N1CCN1C(=O)c2ccccc2C1=O. The number of carbonyl (C=O) groups excluding carboxylic acids is 4. The zero-order valence-corrected chi connectivity index (χ0v) is 16.4. The topological polar surface area (TPSA) is 86.8 Å². The molecule has 0 bridgehead atoms. The molecule has 0 saturated carbocycles. The van der Waals surface area contributed by atoms with E-state index in [1.807, 2.05) is 24.3 Å². The highest BCUT2D eigenvalue weighted by Gasteiger charge is 2.53. The van der Waals surface area contributed by atoms with Crippen LogP contribution in [0.4, 0.5) is 4.79 Å². The van der Waals surface area contributed by atoms with Crippen LogP contribution in [0.2, 0.25) is 0 Å². The van der Waals surface area contributed by atoms with Gasteiger partial charge in [0, 0.05) is 13.1 Å². The van der Waals surface area contributed by atoms with Gasteiger partial charge in [0.25, 0.3) is 17.7 Å². The van der Waals surface area contributed by atoms with Gasteiger partial charge in [0.05, 0.1) is 11.1 Å². The number of urea groups is 1. The highest BCUT2D eigenvalue weighted by molar-refractivity contribution is 6.21. The van der Waals surface area contributed by atoms with Gasteiger partial charge in [-0.15, -0.1) is 0 Å². The molecule has 5 amide bonds. The van der Waals surface area contributed by atoms with Gasteiger partial charge in [0.15, 0.2) is 0 Å². The number of rotatable bonds is 3. The van der Waals surface area contributed by atoms with Crippen molar-refractivity contribution in [3.05, 3.63) is 70.8 Å². The molecule has 1 fully saturated rings. The maximum absolute atomic E-state index is 13.4. The molecule has 1 N–H and O–H groups in total. The third-order valence-corrected chi connectivity index (χ3v) is 6.33. The van der Waals surface area contributed by atoms with Crippen molar-refractivity contribution in [2.24, 2.45) is 0 Å². The van der Waals surface area contributed by atoms with Crippen molar-refractivity contribution in [1.82, 2.24) is 15.1 Å². The maximum atomic E-state index is 13.4. The summed E-state index contributed by atoms with van der Waals surface area (Å²) in [5.74, 6) is -1.09. The molecule has 1 atom stereocenters. The van der Waals surface area contributed by atoms with Crippen molar-refractivity contribution in [3.8, 4) is 0 Å². The highest BCUT2D eigenvalue weighted by atomic mass is 16.2. The monoisotopic (exact) mass is 403 g/mol. The number of carbonyl (C=O) groups is 4. The number of fused-ring (bicyclic) bond motifs is 3. The van der Waals surface area contributed by atoms with E-state index in [0.29, 0.717) is 17.5 Å². The lowest BCUT2D eigenvalue weighted by Gasteiger charge is -2.27. The zero-order valence-electron chi connectivity index (χ0n) is 16.4. The molecular formula is C23H21N3O4. The lowest BCUT2D eigenvalue weighted by atomic mass is 9.84. The Balaban J connectivity index is 1.39. The summed E-state index contributed by atoms with van der Waals surface area (Å²) >= 11 is 0. The number of nitrogens with one attached hydrogen (secondary N) is 1. The van der Waals surface area contributed by atoms with E-state index in [1.54, 1.807) is 24.3 Å². The molecule has 2 heterocycles. The van der Waals surface area contributed by atoms with Gasteiger partial charge in [-0.25, -0.2) is 4.79 Å². The van der Waals surface area contributed by atoms with Gasteiger partial charge in [-0.3, -0.25) is 24.2 Å². The van der Waals surface area contributed by atoms with E-state index in [2.05, 4.69) is 5.32 Å². The van der Waals surface area contributed by atoms with Crippen molar-refractivity contribution in [1.29, 1.82) is 0 Å². The first-order chi connectivity index (χ1) is 14.5. The number of benzene rings is 2. The number of nitrogens with zero attached hydrogens (tertiary/aromatic N) is 2. The van der Waals surface area contributed by atoms with Crippen LogP contribution < -0.4 is 5.32 Å². The number of amides is 5. The van der Waals surface area contributed by atoms with Gasteiger partial charge in [0.2, 0.25) is 0 Å². The Bertz CT molecular complexity index is 1060. The van der Waals surface area contributed by atoms with Gasteiger partial charge >= 0.3 is 6.03 Å². The summed E-state index contributed by atoms with van der Waals surface area (Å²) in [6, 6.07) is 13.9. The molecule has 30 heavy (non-hydrogen) atoms. The van der Waals surface area contributed by atoms with Crippen LogP contribution in [-0.4, -0.2) is 46.6 Å². The van der Waals surface area contributed by atoms with E-state index in [-0.39, 0.29) is 19.0 Å². The van der Waals surface area contributed by atoms with E-state index < -0.39 is 23.4 Å². The summed E-state index contributed by atoms with van der Waals surface area (Å²) < 4.78 is 0. The van der Waals surface area contributed by atoms with Gasteiger partial charge in [-0.1, -0.05) is 36.4 Å². The minimum atomic E-state index is -1.06. The molecule has 152 valence electrons. The first-order valence-corrected chi connectivity index (χ1v) is 10.2. The number of hydrogen-bond donors (Lipinski definition) is 1. The first-order valence-electron chi connectivity index (χ1n) is 10.2. The molecule has 2 aromatic rings. The summed E-state index contributed by atoms with van der Waals surface area (Å²) in [5.41, 5.74) is 1.57. The average molecular weight is 403 g/mol. The molecule has 1 spiro atoms. The van der Waals surface area contributed by atoms with Crippen LogP contribution in [-0.2, 0) is 16.8 Å². The molecule has 3 aliphatic rings. The fraction of sp³-hybridized carbons (Fsp3) is 0.304. The van der Waals surface area contributed by atoms with Crippen LogP contribution in [0, 0.1) is 0 Å². The third-order valence-electron chi connectivity index (χ3n) is 6.33. The van der Waals surface area contributed by atoms with Gasteiger partial charge in [0.1, 0.15) is 5.54 Å². The Morgan fingerprint density at radius 3 is 2.17 bits per heavy atom. The predicted molar refractivity (Wildman–Crippen MR) is 108 cm³/mol. The van der Waals surface area contributed by atoms with Crippen molar-refractivity contribution in [3.63, 3.8) is 0 Å². The van der Waals surface area contributed by atoms with Gasteiger partial charge < -0.3 is 5.32 Å². The van der Waals surface area contributed by atoms with Crippen LogP contribution in [0.5, 0.6) is 0 Å². The van der Waals surface area contributed by atoms with Crippen LogP contribution in [0.15, 0.2) is 48.5 Å². The Morgan fingerprint density at radius 1 is 0.800 bits per heavy atom. The van der Waals surface area contributed by atoms with Crippen molar-refractivity contribution < 1.29 is 19.2 Å². The summed E-state index contributed by atoms with van der Waals surface area (Å²) in [5, 5.41) is 2.93. The fourth-order valence-electron chi connectivity index (χ4n) is 4.82. The number of aryl methyl sites for hydroxylation is 1. The molecule has 7 nitrogen and oxygen atoms in total. The number of hydrogen-bond acceptors (Lipinski definition) is 4. The second-order valence-corrected chi connectivity index (χ2v) is 7.96. The molecule has 1 aliphatic carbocycles. The van der Waals surface area contributed by atoms with E-state index in [1.165, 1.54) is 0 Å².